The molecule has 5 heteroatoms. The van der Waals surface area contributed by atoms with Crippen LogP contribution >= 0.6 is 0 Å². The Labute approximate surface area is 212 Å². The maximum absolute atomic E-state index is 11.1. The highest BCUT2D eigenvalue weighted by Crippen LogP contribution is 2.30. The molecular weight excluding hydrogens is 434 g/mol. The van der Waals surface area contributed by atoms with Crippen molar-refractivity contribution in [3.8, 4) is 5.75 Å². The predicted molar refractivity (Wildman–Crippen MR) is 144 cm³/mol. The molecular formula is C30H45N3O2. The van der Waals surface area contributed by atoms with Crippen molar-refractivity contribution in [1.29, 1.82) is 0 Å². The fraction of sp³-hybridized carbons (Fsp3) is 0.600. The van der Waals surface area contributed by atoms with E-state index in [-0.39, 0.29) is 17.6 Å². The molecule has 0 unspecified atom stereocenters. The monoisotopic (exact) mass is 479 g/mol. The normalized spacial score (nSPS) is 23.6. The van der Waals surface area contributed by atoms with Crippen LogP contribution in [0.25, 0.3) is 0 Å². The molecule has 2 saturated heterocycles. The molecule has 192 valence electrons. The molecule has 0 aromatic heterocycles. The van der Waals surface area contributed by atoms with Crippen LogP contribution in [0.4, 0.5) is 0 Å². The van der Waals surface area contributed by atoms with Gasteiger partial charge in [-0.05, 0) is 62.0 Å². The summed E-state index contributed by atoms with van der Waals surface area (Å²) in [4.78, 5) is 7.48. The number of likely N-dealkylation sites (N-methyl/N-ethyl adjacent to an activating group) is 1. The van der Waals surface area contributed by atoms with Crippen LogP contribution in [0.15, 0.2) is 48.5 Å². The fourth-order valence-electron chi connectivity index (χ4n) is 5.39. The molecule has 2 aromatic carbocycles. The molecule has 5 nitrogen and oxygen atoms in total. The smallest absolute Gasteiger partial charge is 0.124 e. The van der Waals surface area contributed by atoms with Crippen molar-refractivity contribution in [2.45, 2.75) is 70.7 Å². The lowest BCUT2D eigenvalue weighted by Gasteiger charge is -2.32. The number of hydrogen-bond acceptors (Lipinski definition) is 5. The van der Waals surface area contributed by atoms with Gasteiger partial charge in [0, 0.05) is 44.3 Å². The van der Waals surface area contributed by atoms with Crippen LogP contribution in [0.2, 0.25) is 0 Å². The number of hydrogen-bond donors (Lipinski definition) is 1. The molecule has 2 aliphatic rings. The highest BCUT2D eigenvalue weighted by molar-refractivity contribution is 5.40. The number of aliphatic hydroxyl groups is 1. The third-order valence-corrected chi connectivity index (χ3v) is 7.71. The summed E-state index contributed by atoms with van der Waals surface area (Å²) in [7, 11) is 2.21. The van der Waals surface area contributed by atoms with Crippen molar-refractivity contribution >= 4 is 0 Å². The Morgan fingerprint density at radius 2 is 1.69 bits per heavy atom. The SMILES string of the molecule is CN1CCCN([C@H]2CCN(Cc3cc(C(C)(C)C)ccc3OCc3ccccc3)CC[C@@H]2O)CC1. The average Bonchev–Trinajstić information content (AvgIpc) is 3.16. The minimum atomic E-state index is -0.252. The summed E-state index contributed by atoms with van der Waals surface area (Å²) in [5.41, 5.74) is 3.85. The highest BCUT2D eigenvalue weighted by atomic mass is 16.5. The van der Waals surface area contributed by atoms with Gasteiger partial charge < -0.3 is 14.7 Å². The van der Waals surface area contributed by atoms with Gasteiger partial charge in [-0.2, -0.15) is 0 Å². The first kappa shape index (κ1) is 26.2. The van der Waals surface area contributed by atoms with E-state index in [2.05, 4.69) is 85.0 Å². The van der Waals surface area contributed by atoms with Gasteiger partial charge in [0.05, 0.1) is 6.10 Å². The van der Waals surface area contributed by atoms with E-state index in [1.807, 2.05) is 6.07 Å². The maximum atomic E-state index is 11.1. The molecule has 0 bridgehead atoms. The first-order valence-electron chi connectivity index (χ1n) is 13.4. The van der Waals surface area contributed by atoms with E-state index in [4.69, 9.17) is 4.74 Å². The van der Waals surface area contributed by atoms with E-state index in [1.54, 1.807) is 0 Å². The zero-order valence-electron chi connectivity index (χ0n) is 22.2. The molecule has 1 N–H and O–H groups in total. The Morgan fingerprint density at radius 3 is 2.46 bits per heavy atom. The van der Waals surface area contributed by atoms with Gasteiger partial charge in [0.25, 0.3) is 0 Å². The lowest BCUT2D eigenvalue weighted by atomic mass is 9.86. The lowest BCUT2D eigenvalue weighted by Crippen LogP contribution is -2.45. The third kappa shape index (κ3) is 7.29. The van der Waals surface area contributed by atoms with Gasteiger partial charge in [0.2, 0.25) is 0 Å². The van der Waals surface area contributed by atoms with Crippen molar-refractivity contribution in [1.82, 2.24) is 14.7 Å². The zero-order chi connectivity index (χ0) is 24.8. The molecule has 2 fully saturated rings. The van der Waals surface area contributed by atoms with Crippen molar-refractivity contribution in [2.24, 2.45) is 0 Å². The molecule has 4 rings (SSSR count). The minimum Gasteiger partial charge on any atom is -0.489 e. The van der Waals surface area contributed by atoms with Crippen LogP contribution in [0.3, 0.4) is 0 Å². The second kappa shape index (κ2) is 11.9. The maximum Gasteiger partial charge on any atom is 0.124 e. The summed E-state index contributed by atoms with van der Waals surface area (Å²) in [5.74, 6) is 0.971. The fourth-order valence-corrected chi connectivity index (χ4v) is 5.39. The van der Waals surface area contributed by atoms with Crippen LogP contribution in [0.5, 0.6) is 5.75 Å². The van der Waals surface area contributed by atoms with Crippen molar-refractivity contribution in [3.63, 3.8) is 0 Å². The molecule has 0 amide bonds. The topological polar surface area (TPSA) is 39.2 Å². The highest BCUT2D eigenvalue weighted by Gasteiger charge is 2.31. The molecule has 2 aliphatic heterocycles. The summed E-state index contributed by atoms with van der Waals surface area (Å²) in [5, 5.41) is 11.1. The second-order valence-electron chi connectivity index (χ2n) is 11.5. The summed E-state index contributed by atoms with van der Waals surface area (Å²) >= 11 is 0. The van der Waals surface area contributed by atoms with Crippen molar-refractivity contribution in [3.05, 3.63) is 65.2 Å². The standard InChI is InChI=1S/C30H45N3O2/c1-30(2,3)26-11-12-29(35-23-24-9-6-5-7-10-24)25(21-26)22-32-17-13-27(28(34)14-18-32)33-16-8-15-31(4)19-20-33/h5-7,9-12,21,27-28,34H,8,13-20,22-23H2,1-4H3/t27-,28-/m0/s1. The number of rotatable bonds is 6. The number of nitrogens with zero attached hydrogens (tertiary/aromatic N) is 3. The third-order valence-electron chi connectivity index (χ3n) is 7.71. The molecule has 2 aromatic rings. The molecule has 35 heavy (non-hydrogen) atoms. The van der Waals surface area contributed by atoms with Crippen LogP contribution in [0.1, 0.15) is 56.7 Å². The van der Waals surface area contributed by atoms with Crippen LogP contribution in [-0.2, 0) is 18.6 Å². The first-order valence-corrected chi connectivity index (χ1v) is 13.4. The molecule has 0 radical (unpaired) electrons. The first-order chi connectivity index (χ1) is 16.8. The number of ether oxygens (including phenoxy) is 1. The Kier molecular flexibility index (Phi) is 8.87. The quantitative estimate of drug-likeness (QED) is 0.659. The van der Waals surface area contributed by atoms with Gasteiger partial charge in [-0.3, -0.25) is 9.80 Å². The van der Waals surface area contributed by atoms with E-state index in [1.165, 1.54) is 23.1 Å². The van der Waals surface area contributed by atoms with Gasteiger partial charge in [0.15, 0.2) is 0 Å². The lowest BCUT2D eigenvalue weighted by molar-refractivity contribution is 0.0491. The van der Waals surface area contributed by atoms with E-state index in [0.717, 1.165) is 64.4 Å². The van der Waals surface area contributed by atoms with Crippen molar-refractivity contribution in [2.75, 3.05) is 46.3 Å². The molecule has 0 spiro atoms. The molecule has 2 atom stereocenters. The Hall–Kier alpha value is -1.92. The minimum absolute atomic E-state index is 0.0900. The van der Waals surface area contributed by atoms with E-state index in [0.29, 0.717) is 6.61 Å². The van der Waals surface area contributed by atoms with Gasteiger partial charge >= 0.3 is 0 Å². The molecule has 0 saturated carbocycles. The zero-order valence-corrected chi connectivity index (χ0v) is 22.2. The summed E-state index contributed by atoms with van der Waals surface area (Å²) in [6.07, 6.45) is 2.78. The van der Waals surface area contributed by atoms with Gasteiger partial charge in [-0.25, -0.2) is 0 Å². The number of benzene rings is 2. The van der Waals surface area contributed by atoms with Gasteiger partial charge in [-0.1, -0.05) is 63.2 Å². The summed E-state index contributed by atoms with van der Waals surface area (Å²) < 4.78 is 6.34. The van der Waals surface area contributed by atoms with Crippen molar-refractivity contribution < 1.29 is 9.84 Å². The van der Waals surface area contributed by atoms with Crippen LogP contribution < -0.4 is 4.74 Å². The number of likely N-dealkylation sites (tertiary alicyclic amines) is 1. The van der Waals surface area contributed by atoms with E-state index < -0.39 is 0 Å². The van der Waals surface area contributed by atoms with Crippen LogP contribution in [-0.4, -0.2) is 78.3 Å². The van der Waals surface area contributed by atoms with Gasteiger partial charge in [0.1, 0.15) is 12.4 Å². The summed E-state index contributed by atoms with van der Waals surface area (Å²) in [6.45, 7) is 14.6. The second-order valence-corrected chi connectivity index (χ2v) is 11.5. The average molecular weight is 480 g/mol. The van der Waals surface area contributed by atoms with Crippen LogP contribution in [0, 0.1) is 0 Å². The van der Waals surface area contributed by atoms with E-state index in [9.17, 15) is 5.11 Å². The molecule has 2 heterocycles. The number of aliphatic hydroxyl groups excluding tert-OH is 1. The van der Waals surface area contributed by atoms with E-state index >= 15 is 0 Å². The Morgan fingerprint density at radius 1 is 0.914 bits per heavy atom. The molecule has 0 aliphatic carbocycles. The predicted octanol–water partition coefficient (Wildman–Crippen LogP) is 4.53. The Bertz CT molecular complexity index is 927. The largest absolute Gasteiger partial charge is 0.489 e. The summed E-state index contributed by atoms with van der Waals surface area (Å²) in [6, 6.07) is 17.3. The Balaban J connectivity index is 1.46. The van der Waals surface area contributed by atoms with Gasteiger partial charge in [-0.15, -0.1) is 0 Å².